The molecule has 1 aliphatic heterocycles. The summed E-state index contributed by atoms with van der Waals surface area (Å²) >= 11 is 0. The number of aliphatic imine (C=N–C) groups is 1. The lowest BCUT2D eigenvalue weighted by molar-refractivity contribution is 0.196. The van der Waals surface area contributed by atoms with Gasteiger partial charge in [0.15, 0.2) is 5.96 Å². The number of aliphatic hydroxyl groups is 1. The van der Waals surface area contributed by atoms with Crippen molar-refractivity contribution in [3.05, 3.63) is 0 Å². The van der Waals surface area contributed by atoms with Crippen molar-refractivity contribution in [1.82, 2.24) is 4.90 Å². The average molecular weight is 213 g/mol. The van der Waals surface area contributed by atoms with Crippen LogP contribution in [0.1, 0.15) is 33.1 Å². The number of nitrogens with two attached hydrogens (primary N) is 1. The third-order valence-electron chi connectivity index (χ3n) is 2.77. The predicted octanol–water partition coefficient (Wildman–Crippen LogP) is 0.804. The average Bonchev–Trinajstić information content (AvgIpc) is 2.17. The summed E-state index contributed by atoms with van der Waals surface area (Å²) in [6, 6.07) is 0.253. The lowest BCUT2D eigenvalue weighted by atomic mass is 9.95. The second-order valence-electron chi connectivity index (χ2n) is 4.55. The molecule has 0 radical (unpaired) electrons. The maximum Gasteiger partial charge on any atom is 0.191 e. The Morgan fingerprint density at radius 2 is 2.33 bits per heavy atom. The van der Waals surface area contributed by atoms with Gasteiger partial charge in [-0.3, -0.25) is 4.99 Å². The summed E-state index contributed by atoms with van der Waals surface area (Å²) in [6.07, 6.45) is 3.23. The van der Waals surface area contributed by atoms with E-state index in [9.17, 15) is 0 Å². The zero-order valence-corrected chi connectivity index (χ0v) is 9.82. The van der Waals surface area contributed by atoms with Gasteiger partial charge in [0, 0.05) is 25.7 Å². The molecule has 1 saturated heterocycles. The number of nitrogens with zero attached hydrogens (tertiary/aromatic N) is 2. The lowest BCUT2D eigenvalue weighted by Gasteiger charge is -2.33. The molecule has 0 aliphatic carbocycles. The molecular weight excluding hydrogens is 190 g/mol. The van der Waals surface area contributed by atoms with Crippen LogP contribution >= 0.6 is 0 Å². The fraction of sp³-hybridized carbons (Fsp3) is 0.909. The molecule has 0 spiro atoms. The lowest BCUT2D eigenvalue weighted by Crippen LogP contribution is -2.44. The Kier molecular flexibility index (Phi) is 4.88. The van der Waals surface area contributed by atoms with E-state index >= 15 is 0 Å². The maximum absolute atomic E-state index is 8.91. The minimum Gasteiger partial charge on any atom is -0.396 e. The Bertz CT molecular complexity index is 214. The largest absolute Gasteiger partial charge is 0.396 e. The number of hydrogen-bond acceptors (Lipinski definition) is 2. The monoisotopic (exact) mass is 213 g/mol. The van der Waals surface area contributed by atoms with E-state index in [0.717, 1.165) is 25.9 Å². The van der Waals surface area contributed by atoms with Gasteiger partial charge in [-0.25, -0.2) is 0 Å². The minimum absolute atomic E-state index is 0.253. The third kappa shape index (κ3) is 4.08. The van der Waals surface area contributed by atoms with Crippen LogP contribution in [-0.4, -0.2) is 41.7 Å². The molecule has 4 nitrogen and oxygen atoms in total. The number of guanidine groups is 1. The van der Waals surface area contributed by atoms with E-state index in [1.54, 1.807) is 0 Å². The van der Waals surface area contributed by atoms with Crippen LogP contribution in [-0.2, 0) is 0 Å². The maximum atomic E-state index is 8.91. The summed E-state index contributed by atoms with van der Waals surface area (Å²) in [7, 11) is 0. The molecule has 1 rings (SSSR count). The van der Waals surface area contributed by atoms with Gasteiger partial charge in [0.1, 0.15) is 0 Å². The molecule has 0 aromatic heterocycles. The molecule has 15 heavy (non-hydrogen) atoms. The van der Waals surface area contributed by atoms with Crippen LogP contribution in [0.5, 0.6) is 0 Å². The summed E-state index contributed by atoms with van der Waals surface area (Å²) in [5.41, 5.74) is 5.92. The SMILES string of the molecule is CC(C)N=C(N)N1CCCC(CCO)C1. The number of rotatable bonds is 3. The van der Waals surface area contributed by atoms with Gasteiger partial charge in [-0.15, -0.1) is 0 Å². The molecule has 0 bridgehead atoms. The number of aliphatic hydroxyl groups excluding tert-OH is 1. The summed E-state index contributed by atoms with van der Waals surface area (Å²) in [5.74, 6) is 1.23. The smallest absolute Gasteiger partial charge is 0.191 e. The molecule has 0 aromatic carbocycles. The van der Waals surface area contributed by atoms with E-state index in [-0.39, 0.29) is 12.6 Å². The van der Waals surface area contributed by atoms with E-state index in [4.69, 9.17) is 10.8 Å². The van der Waals surface area contributed by atoms with Crippen molar-refractivity contribution in [2.45, 2.75) is 39.2 Å². The van der Waals surface area contributed by atoms with Gasteiger partial charge in [0.05, 0.1) is 0 Å². The van der Waals surface area contributed by atoms with Gasteiger partial charge < -0.3 is 15.7 Å². The second kappa shape index (κ2) is 5.95. The Balaban J connectivity index is 2.48. The van der Waals surface area contributed by atoms with Crippen molar-refractivity contribution < 1.29 is 5.11 Å². The van der Waals surface area contributed by atoms with E-state index < -0.39 is 0 Å². The Morgan fingerprint density at radius 3 is 2.93 bits per heavy atom. The number of piperidine rings is 1. The zero-order valence-electron chi connectivity index (χ0n) is 9.82. The van der Waals surface area contributed by atoms with E-state index in [1.165, 1.54) is 6.42 Å². The Morgan fingerprint density at radius 1 is 1.60 bits per heavy atom. The molecule has 0 aromatic rings. The fourth-order valence-corrected chi connectivity index (χ4v) is 2.04. The molecular formula is C11H23N3O. The standard InChI is InChI=1S/C11H23N3O/c1-9(2)13-11(12)14-6-3-4-10(8-14)5-7-15/h9-10,15H,3-8H2,1-2H3,(H2,12,13). The van der Waals surface area contributed by atoms with E-state index in [0.29, 0.717) is 11.9 Å². The summed E-state index contributed by atoms with van der Waals surface area (Å²) in [5, 5.41) is 8.91. The molecule has 1 atom stereocenters. The highest BCUT2D eigenvalue weighted by Gasteiger charge is 2.20. The van der Waals surface area contributed by atoms with Gasteiger partial charge in [0.25, 0.3) is 0 Å². The molecule has 0 amide bonds. The van der Waals surface area contributed by atoms with Gasteiger partial charge in [0.2, 0.25) is 0 Å². The first-order valence-corrected chi connectivity index (χ1v) is 5.82. The topological polar surface area (TPSA) is 61.8 Å². The fourth-order valence-electron chi connectivity index (χ4n) is 2.04. The van der Waals surface area contributed by atoms with Crippen molar-refractivity contribution in [1.29, 1.82) is 0 Å². The van der Waals surface area contributed by atoms with Crippen LogP contribution in [0.3, 0.4) is 0 Å². The normalized spacial score (nSPS) is 23.6. The molecule has 1 fully saturated rings. The van der Waals surface area contributed by atoms with Crippen LogP contribution in [0.25, 0.3) is 0 Å². The van der Waals surface area contributed by atoms with Crippen LogP contribution in [0, 0.1) is 5.92 Å². The second-order valence-corrected chi connectivity index (χ2v) is 4.55. The van der Waals surface area contributed by atoms with Gasteiger partial charge in [-0.2, -0.15) is 0 Å². The Labute approximate surface area is 92.2 Å². The Hall–Kier alpha value is -0.770. The van der Waals surface area contributed by atoms with E-state index in [2.05, 4.69) is 9.89 Å². The van der Waals surface area contributed by atoms with Crippen molar-refractivity contribution >= 4 is 5.96 Å². The minimum atomic E-state index is 0.253. The molecule has 4 heteroatoms. The highest BCUT2D eigenvalue weighted by Crippen LogP contribution is 2.18. The molecule has 1 unspecified atom stereocenters. The first kappa shape index (κ1) is 12.3. The first-order valence-electron chi connectivity index (χ1n) is 5.82. The van der Waals surface area contributed by atoms with Gasteiger partial charge >= 0.3 is 0 Å². The third-order valence-corrected chi connectivity index (χ3v) is 2.77. The first-order chi connectivity index (χ1) is 7.13. The predicted molar refractivity (Wildman–Crippen MR) is 62.8 cm³/mol. The summed E-state index contributed by atoms with van der Waals surface area (Å²) in [4.78, 5) is 6.50. The number of likely N-dealkylation sites (tertiary alicyclic amines) is 1. The van der Waals surface area contributed by atoms with Crippen LogP contribution in [0.15, 0.2) is 4.99 Å². The van der Waals surface area contributed by atoms with Crippen molar-refractivity contribution in [2.75, 3.05) is 19.7 Å². The van der Waals surface area contributed by atoms with Crippen LogP contribution < -0.4 is 5.73 Å². The molecule has 0 saturated carbocycles. The molecule has 3 N–H and O–H groups in total. The molecule has 88 valence electrons. The highest BCUT2D eigenvalue weighted by atomic mass is 16.3. The summed E-state index contributed by atoms with van der Waals surface area (Å²) < 4.78 is 0. The molecule has 1 aliphatic rings. The van der Waals surface area contributed by atoms with Crippen LogP contribution in [0.4, 0.5) is 0 Å². The van der Waals surface area contributed by atoms with Crippen molar-refractivity contribution in [3.63, 3.8) is 0 Å². The highest BCUT2D eigenvalue weighted by molar-refractivity contribution is 5.78. The molecule has 1 heterocycles. The van der Waals surface area contributed by atoms with E-state index in [1.807, 2.05) is 13.8 Å². The van der Waals surface area contributed by atoms with Gasteiger partial charge in [-0.1, -0.05) is 0 Å². The van der Waals surface area contributed by atoms with Crippen molar-refractivity contribution in [2.24, 2.45) is 16.6 Å². The zero-order chi connectivity index (χ0) is 11.3. The summed E-state index contributed by atoms with van der Waals surface area (Å²) in [6.45, 7) is 6.29. The van der Waals surface area contributed by atoms with Gasteiger partial charge in [-0.05, 0) is 39.0 Å². The van der Waals surface area contributed by atoms with Crippen molar-refractivity contribution in [3.8, 4) is 0 Å². The number of hydrogen-bond donors (Lipinski definition) is 2. The quantitative estimate of drug-likeness (QED) is 0.538. The van der Waals surface area contributed by atoms with Crippen LogP contribution in [0.2, 0.25) is 0 Å².